The van der Waals surface area contributed by atoms with Crippen molar-refractivity contribution >= 4 is 29.5 Å². The number of carbonyl (C=O) groups is 5. The predicted octanol–water partition coefficient (Wildman–Crippen LogP) is 7.39. The number of hydrogen-bond donors (Lipinski definition) is 4. The van der Waals surface area contributed by atoms with Crippen LogP contribution in [0.4, 0.5) is 0 Å². The van der Waals surface area contributed by atoms with E-state index in [0.29, 0.717) is 24.7 Å². The molecule has 4 N–H and O–H groups in total. The summed E-state index contributed by atoms with van der Waals surface area (Å²) in [4.78, 5) is 67.7. The molecule has 0 spiro atoms. The van der Waals surface area contributed by atoms with Crippen LogP contribution in [-0.4, -0.2) is 65.4 Å². The molecule has 10 heteroatoms. The zero-order chi connectivity index (χ0) is 41.9. The number of carboxylic acids is 1. The molecule has 318 valence electrons. The molecule has 7 aliphatic rings. The fourth-order valence-corrected chi connectivity index (χ4v) is 14.7. The number of amides is 2. The molecule has 0 radical (unpaired) electrons. The first kappa shape index (κ1) is 42.4. The molecule has 1 saturated heterocycles. The average Bonchev–Trinajstić information content (AvgIpc) is 3.41. The highest BCUT2D eigenvalue weighted by molar-refractivity contribution is 6.06. The molecular formula is C47H73N3O7. The summed E-state index contributed by atoms with van der Waals surface area (Å²) >= 11 is 0. The third-order valence-corrected chi connectivity index (χ3v) is 18.6. The maximum atomic E-state index is 14.4. The molecular weight excluding hydrogens is 719 g/mol. The summed E-state index contributed by atoms with van der Waals surface area (Å²) in [6.45, 7) is 25.3. The van der Waals surface area contributed by atoms with Crippen molar-refractivity contribution in [1.29, 1.82) is 0 Å². The van der Waals surface area contributed by atoms with Crippen LogP contribution in [0.3, 0.4) is 0 Å². The Labute approximate surface area is 341 Å². The lowest BCUT2D eigenvalue weighted by molar-refractivity contribution is -0.235. The van der Waals surface area contributed by atoms with E-state index in [9.17, 15) is 29.1 Å². The Kier molecular flexibility index (Phi) is 10.3. The van der Waals surface area contributed by atoms with Gasteiger partial charge in [0.2, 0.25) is 11.8 Å². The van der Waals surface area contributed by atoms with Gasteiger partial charge in [0.15, 0.2) is 5.78 Å². The Morgan fingerprint density at radius 1 is 0.789 bits per heavy atom. The van der Waals surface area contributed by atoms with Gasteiger partial charge in [0.1, 0.15) is 11.5 Å². The van der Waals surface area contributed by atoms with E-state index in [1.54, 1.807) is 13.8 Å². The highest BCUT2D eigenvalue weighted by Gasteiger charge is 2.71. The van der Waals surface area contributed by atoms with Crippen molar-refractivity contribution in [2.75, 3.05) is 13.1 Å². The van der Waals surface area contributed by atoms with E-state index in [0.717, 1.165) is 82.0 Å². The van der Waals surface area contributed by atoms with Crippen LogP contribution >= 0.6 is 0 Å². The molecule has 0 unspecified atom stereocenters. The van der Waals surface area contributed by atoms with Crippen LogP contribution in [0.25, 0.3) is 0 Å². The second kappa shape index (κ2) is 13.9. The summed E-state index contributed by atoms with van der Waals surface area (Å²) in [7, 11) is 0. The number of piperidine rings is 1. The van der Waals surface area contributed by atoms with Gasteiger partial charge in [0.05, 0.1) is 17.4 Å². The van der Waals surface area contributed by atoms with Crippen LogP contribution in [0.5, 0.6) is 0 Å². The average molecular weight is 792 g/mol. The first-order chi connectivity index (χ1) is 26.4. The summed E-state index contributed by atoms with van der Waals surface area (Å²) in [6, 6.07) is 0.0484. The zero-order valence-electron chi connectivity index (χ0n) is 36.9. The quantitative estimate of drug-likeness (QED) is 0.147. The number of aliphatic carboxylic acids is 1. The molecule has 0 aromatic carbocycles. The number of allylic oxidation sites excluding steroid dienone is 1. The van der Waals surface area contributed by atoms with E-state index in [1.165, 1.54) is 0 Å². The number of carbonyl (C=O) groups excluding carboxylic acids is 4. The topological polar surface area (TPSA) is 151 Å². The molecule has 0 aromatic rings. The van der Waals surface area contributed by atoms with Crippen molar-refractivity contribution in [2.45, 2.75) is 171 Å². The molecule has 10 nitrogen and oxygen atoms in total. The highest BCUT2D eigenvalue weighted by Crippen LogP contribution is 2.76. The van der Waals surface area contributed by atoms with Gasteiger partial charge in [-0.25, -0.2) is 0 Å². The Hall–Kier alpha value is -2.75. The number of nitrogens with one attached hydrogen (secondary N) is 3. The molecule has 0 bridgehead atoms. The predicted molar refractivity (Wildman–Crippen MR) is 219 cm³/mol. The van der Waals surface area contributed by atoms with Gasteiger partial charge in [0.25, 0.3) is 0 Å². The number of esters is 1. The summed E-state index contributed by atoms with van der Waals surface area (Å²) in [5, 5.41) is 19.6. The molecule has 0 aromatic heterocycles. The van der Waals surface area contributed by atoms with Gasteiger partial charge in [-0.05, 0) is 154 Å². The van der Waals surface area contributed by atoms with E-state index in [4.69, 9.17) is 4.74 Å². The summed E-state index contributed by atoms with van der Waals surface area (Å²) in [5.74, 6) is -1.44. The number of Topliss-reactive ketones (excluding diaryl/α,β-unsaturated/α-hetero) is 1. The molecule has 6 fully saturated rings. The largest absolute Gasteiger partial charge is 0.481 e. The second-order valence-electron chi connectivity index (χ2n) is 22.6. The molecule has 6 aliphatic carbocycles. The van der Waals surface area contributed by atoms with E-state index >= 15 is 0 Å². The van der Waals surface area contributed by atoms with Crippen molar-refractivity contribution in [3.8, 4) is 0 Å². The van der Waals surface area contributed by atoms with Gasteiger partial charge < -0.3 is 25.8 Å². The maximum absolute atomic E-state index is 14.4. The fraction of sp³-hybridized carbons (Fsp3) is 0.851. The minimum Gasteiger partial charge on any atom is -0.481 e. The van der Waals surface area contributed by atoms with Crippen LogP contribution in [0.1, 0.15) is 153 Å². The summed E-state index contributed by atoms with van der Waals surface area (Å²) < 4.78 is 6.41. The van der Waals surface area contributed by atoms with E-state index in [1.807, 2.05) is 13.8 Å². The molecule has 10 atom stereocenters. The van der Waals surface area contributed by atoms with Gasteiger partial charge in [-0.1, -0.05) is 62.3 Å². The maximum Gasteiger partial charge on any atom is 0.309 e. The SMILES string of the molecule is CC(C)C1=C2[C@H]3CC[C@@H]4[C@@]5(C)CC[C@H](OC(=O)[C@H]6C[C@@H](C(=O)O)C6(C)C)C(C)(C)[C@@H]5CC[C@@]4(C)[C@]3(C)CC[C@@]2(NC(=O)C(C)(C)C(=O)NC2CCNCC2)CC1=O. The molecule has 2 amide bonds. The van der Waals surface area contributed by atoms with E-state index < -0.39 is 34.2 Å². The molecule has 5 saturated carbocycles. The van der Waals surface area contributed by atoms with Gasteiger partial charge in [0, 0.05) is 17.9 Å². The first-order valence-corrected chi connectivity index (χ1v) is 22.4. The van der Waals surface area contributed by atoms with Crippen LogP contribution in [0.2, 0.25) is 0 Å². The smallest absolute Gasteiger partial charge is 0.309 e. The first-order valence-electron chi connectivity index (χ1n) is 22.4. The monoisotopic (exact) mass is 792 g/mol. The fourth-order valence-electron chi connectivity index (χ4n) is 14.7. The molecule has 57 heavy (non-hydrogen) atoms. The van der Waals surface area contributed by atoms with Crippen LogP contribution in [0.15, 0.2) is 11.1 Å². The lowest BCUT2D eigenvalue weighted by Crippen LogP contribution is -2.68. The van der Waals surface area contributed by atoms with Gasteiger partial charge in [-0.3, -0.25) is 24.0 Å². The Morgan fingerprint density at radius 3 is 2.07 bits per heavy atom. The third kappa shape index (κ3) is 6.20. The lowest BCUT2D eigenvalue weighted by Gasteiger charge is -2.72. The van der Waals surface area contributed by atoms with Crippen molar-refractivity contribution in [1.82, 2.24) is 16.0 Å². The minimum absolute atomic E-state index is 0.00648. The van der Waals surface area contributed by atoms with Crippen molar-refractivity contribution in [2.24, 2.45) is 68.0 Å². The number of rotatable bonds is 8. The molecule has 1 aliphatic heterocycles. The summed E-state index contributed by atoms with van der Waals surface area (Å²) in [5.41, 5.74) is -0.942. The van der Waals surface area contributed by atoms with E-state index in [2.05, 4.69) is 64.4 Å². The number of ether oxygens (including phenoxy) is 1. The Bertz CT molecular complexity index is 1740. The van der Waals surface area contributed by atoms with E-state index in [-0.39, 0.29) is 75.6 Å². The van der Waals surface area contributed by atoms with Crippen molar-refractivity contribution in [3.63, 3.8) is 0 Å². The third-order valence-electron chi connectivity index (χ3n) is 18.6. The number of fused-ring (bicyclic) bond motifs is 7. The number of ketones is 1. The van der Waals surface area contributed by atoms with Crippen molar-refractivity contribution < 1.29 is 33.8 Å². The molecule has 1 heterocycles. The number of carboxylic acid groups (broad SMARTS) is 1. The number of hydrogen-bond acceptors (Lipinski definition) is 7. The van der Waals surface area contributed by atoms with Crippen LogP contribution < -0.4 is 16.0 Å². The zero-order valence-corrected chi connectivity index (χ0v) is 36.9. The molecule has 7 rings (SSSR count). The van der Waals surface area contributed by atoms with Gasteiger partial charge >= 0.3 is 11.9 Å². The van der Waals surface area contributed by atoms with Gasteiger partial charge in [-0.2, -0.15) is 0 Å². The minimum atomic E-state index is -1.29. The Morgan fingerprint density at radius 2 is 1.46 bits per heavy atom. The normalized spacial score (nSPS) is 41.2. The van der Waals surface area contributed by atoms with Crippen molar-refractivity contribution in [3.05, 3.63) is 11.1 Å². The standard InChI is InChI=1S/C47H73N3O7/c1-26(2)35-31(51)25-47(50-40(56)43(7,8)39(55)49-27-16-22-48-23-17-27)21-20-45(10)28(36(35)47)12-13-33-44(9)18-15-34(42(5,6)32(44)14-19-46(33,45)11)57-38(54)30-24-29(37(52)53)41(30,3)4/h26-30,32-34,48H,12-25H2,1-11H3,(H,49,55)(H,50,56)(H,52,53)/t28-,29+,30-,32+,33-,34+,44+,45-,46-,47-/m1/s1. The van der Waals surface area contributed by atoms with Crippen LogP contribution in [-0.2, 0) is 28.7 Å². The highest BCUT2D eigenvalue weighted by atomic mass is 16.5. The van der Waals surface area contributed by atoms with Gasteiger partial charge in [-0.15, -0.1) is 0 Å². The summed E-state index contributed by atoms with van der Waals surface area (Å²) in [6.07, 6.45) is 9.48. The van der Waals surface area contributed by atoms with Crippen LogP contribution in [0, 0.1) is 68.0 Å². The lowest BCUT2D eigenvalue weighted by atomic mass is 9.33. The second-order valence-corrected chi connectivity index (χ2v) is 22.6. The Balaban J connectivity index is 1.13.